The third-order valence-corrected chi connectivity index (χ3v) is 11.1. The van der Waals surface area contributed by atoms with Crippen LogP contribution in [0.3, 0.4) is 0 Å². The van der Waals surface area contributed by atoms with Gasteiger partial charge in [-0.3, -0.25) is 0 Å². The summed E-state index contributed by atoms with van der Waals surface area (Å²) < 4.78 is 13.2. The van der Waals surface area contributed by atoms with E-state index in [0.29, 0.717) is 5.92 Å². The normalized spacial score (nSPS) is 21.7. The van der Waals surface area contributed by atoms with Gasteiger partial charge < -0.3 is 9.31 Å². The van der Waals surface area contributed by atoms with Crippen LogP contribution in [0.2, 0.25) is 0 Å². The number of hydrogen-bond donors (Lipinski definition) is 0. The average molecular weight is 627 g/mol. The molecule has 8 rings (SSSR count). The Balaban J connectivity index is 1.38. The van der Waals surface area contributed by atoms with Crippen molar-refractivity contribution in [1.82, 2.24) is 0 Å². The maximum atomic E-state index is 6.60. The van der Waals surface area contributed by atoms with Crippen molar-refractivity contribution in [2.75, 3.05) is 0 Å². The molecular formula is C45H43BO2. The van der Waals surface area contributed by atoms with Gasteiger partial charge in [0.2, 0.25) is 0 Å². The Morgan fingerprint density at radius 3 is 1.98 bits per heavy atom. The molecule has 0 N–H and O–H groups in total. The number of allylic oxidation sites excluding steroid dienone is 8. The van der Waals surface area contributed by atoms with Crippen LogP contribution in [0.5, 0.6) is 0 Å². The van der Waals surface area contributed by atoms with E-state index in [0.717, 1.165) is 18.3 Å². The standard InChI is InChI=1S/C45H43BO2/c1-30-23-24-35(28-40(30)32-17-10-7-11-18-32)43-38-22-13-12-21-37(38)42(34-20-14-19-33(27-34)31-15-8-6-9-16-31)39-26-25-36(29-41(39)43)46-47-44(2,3)45(4,5)48-46/h6-19,21-22,24-30,34H,20,23H2,1-5H3. The third kappa shape index (κ3) is 5.30. The van der Waals surface area contributed by atoms with Gasteiger partial charge in [-0.2, -0.15) is 0 Å². The Labute approximate surface area is 285 Å². The van der Waals surface area contributed by atoms with Gasteiger partial charge in [0.05, 0.1) is 11.2 Å². The molecule has 1 heterocycles. The molecule has 0 spiro atoms. The lowest BCUT2D eigenvalue weighted by molar-refractivity contribution is 0.00578. The number of benzene rings is 5. The van der Waals surface area contributed by atoms with Crippen LogP contribution in [-0.2, 0) is 9.31 Å². The maximum absolute atomic E-state index is 6.60. The van der Waals surface area contributed by atoms with E-state index in [2.05, 4.69) is 168 Å². The lowest BCUT2D eigenvalue weighted by Gasteiger charge is -2.32. The Morgan fingerprint density at radius 2 is 1.27 bits per heavy atom. The largest absolute Gasteiger partial charge is 0.494 e. The molecule has 2 nitrogen and oxygen atoms in total. The van der Waals surface area contributed by atoms with E-state index in [-0.39, 0.29) is 5.92 Å². The van der Waals surface area contributed by atoms with Gasteiger partial charge in [0.25, 0.3) is 0 Å². The summed E-state index contributed by atoms with van der Waals surface area (Å²) in [7, 11) is -0.430. The second-order valence-electron chi connectivity index (χ2n) is 14.7. The van der Waals surface area contributed by atoms with Gasteiger partial charge in [-0.15, -0.1) is 0 Å². The van der Waals surface area contributed by atoms with Crippen molar-refractivity contribution in [2.24, 2.45) is 5.92 Å². The molecule has 48 heavy (non-hydrogen) atoms. The molecule has 238 valence electrons. The lowest BCUT2D eigenvalue weighted by Crippen LogP contribution is -2.41. The van der Waals surface area contributed by atoms with Gasteiger partial charge in [0.15, 0.2) is 0 Å². The summed E-state index contributed by atoms with van der Waals surface area (Å²) in [6, 6.07) is 37.6. The van der Waals surface area contributed by atoms with Crippen LogP contribution in [0.1, 0.15) is 75.6 Å². The molecular weight excluding hydrogens is 583 g/mol. The van der Waals surface area contributed by atoms with Crippen molar-refractivity contribution in [2.45, 2.75) is 64.6 Å². The Bertz CT molecular complexity index is 2130. The van der Waals surface area contributed by atoms with Crippen molar-refractivity contribution in [3.63, 3.8) is 0 Å². The summed E-state index contributed by atoms with van der Waals surface area (Å²) in [5, 5.41) is 5.16. The van der Waals surface area contributed by atoms with Crippen molar-refractivity contribution in [3.8, 4) is 0 Å². The Hall–Kier alpha value is -4.44. The molecule has 0 aromatic heterocycles. The molecule has 1 aliphatic heterocycles. The van der Waals surface area contributed by atoms with Gasteiger partial charge in [0.1, 0.15) is 0 Å². The van der Waals surface area contributed by atoms with Gasteiger partial charge in [-0.05, 0) is 112 Å². The summed E-state index contributed by atoms with van der Waals surface area (Å²) in [6.07, 6.45) is 14.0. The molecule has 2 unspecified atom stereocenters. The topological polar surface area (TPSA) is 18.5 Å². The summed E-state index contributed by atoms with van der Waals surface area (Å²) >= 11 is 0. The first-order valence-electron chi connectivity index (χ1n) is 17.5. The molecule has 2 atom stereocenters. The predicted molar refractivity (Wildman–Crippen MR) is 204 cm³/mol. The van der Waals surface area contributed by atoms with E-state index in [1.807, 2.05) is 0 Å². The van der Waals surface area contributed by atoms with Crippen molar-refractivity contribution in [3.05, 3.63) is 156 Å². The molecule has 0 amide bonds. The van der Waals surface area contributed by atoms with Crippen LogP contribution in [-0.4, -0.2) is 18.3 Å². The minimum Gasteiger partial charge on any atom is -0.399 e. The Kier molecular flexibility index (Phi) is 7.66. The van der Waals surface area contributed by atoms with E-state index in [9.17, 15) is 0 Å². The van der Waals surface area contributed by atoms with E-state index in [4.69, 9.17) is 9.31 Å². The van der Waals surface area contributed by atoms with E-state index < -0.39 is 18.3 Å². The molecule has 3 aliphatic rings. The minimum absolute atomic E-state index is 0.241. The fourth-order valence-corrected chi connectivity index (χ4v) is 7.74. The molecule has 5 aromatic rings. The lowest BCUT2D eigenvalue weighted by atomic mass is 9.74. The van der Waals surface area contributed by atoms with Crippen LogP contribution in [0.4, 0.5) is 0 Å². The smallest absolute Gasteiger partial charge is 0.399 e. The van der Waals surface area contributed by atoms with Crippen LogP contribution in [0, 0.1) is 5.92 Å². The zero-order valence-electron chi connectivity index (χ0n) is 28.7. The first-order valence-corrected chi connectivity index (χ1v) is 17.5. The highest BCUT2D eigenvalue weighted by atomic mass is 16.7. The quantitative estimate of drug-likeness (QED) is 0.143. The summed E-state index contributed by atoms with van der Waals surface area (Å²) in [5.74, 6) is 0.689. The van der Waals surface area contributed by atoms with Gasteiger partial charge in [-0.25, -0.2) is 0 Å². The SMILES string of the molecule is CC1CC=C(c2c3ccccc3c(C3C=C(c4ccccc4)C=CC3)c3ccc(B4OC(C)(C)C(C)(C)O4)cc23)C=C1c1ccccc1. The first-order chi connectivity index (χ1) is 23.2. The highest BCUT2D eigenvalue weighted by molar-refractivity contribution is 6.62. The number of hydrogen-bond acceptors (Lipinski definition) is 2. The number of rotatable bonds is 5. The predicted octanol–water partition coefficient (Wildman–Crippen LogP) is 10.9. The minimum atomic E-state index is -0.430. The second kappa shape index (κ2) is 11.9. The van der Waals surface area contributed by atoms with Crippen molar-refractivity contribution >= 4 is 50.8 Å². The maximum Gasteiger partial charge on any atom is 0.494 e. The molecule has 0 radical (unpaired) electrons. The number of fused-ring (bicyclic) bond motifs is 2. The monoisotopic (exact) mass is 626 g/mol. The van der Waals surface area contributed by atoms with Crippen molar-refractivity contribution in [1.29, 1.82) is 0 Å². The second-order valence-corrected chi connectivity index (χ2v) is 14.7. The molecule has 1 saturated heterocycles. The van der Waals surface area contributed by atoms with Gasteiger partial charge in [-0.1, -0.05) is 140 Å². The molecule has 5 aromatic carbocycles. The first kappa shape index (κ1) is 30.9. The zero-order chi connectivity index (χ0) is 33.0. The Morgan fingerprint density at radius 1 is 0.646 bits per heavy atom. The van der Waals surface area contributed by atoms with Crippen molar-refractivity contribution < 1.29 is 9.31 Å². The van der Waals surface area contributed by atoms with E-state index in [1.54, 1.807) is 0 Å². The fourth-order valence-electron chi connectivity index (χ4n) is 7.74. The highest BCUT2D eigenvalue weighted by Gasteiger charge is 2.51. The third-order valence-electron chi connectivity index (χ3n) is 11.1. The van der Waals surface area contributed by atoms with Crippen LogP contribution in [0.15, 0.2) is 134 Å². The van der Waals surface area contributed by atoms with Crippen LogP contribution >= 0.6 is 0 Å². The molecule has 0 saturated carbocycles. The van der Waals surface area contributed by atoms with Crippen LogP contribution < -0.4 is 5.46 Å². The molecule has 2 aliphatic carbocycles. The molecule has 3 heteroatoms. The molecule has 1 fully saturated rings. The summed E-state index contributed by atoms with van der Waals surface area (Å²) in [5.41, 5.74) is 9.43. The van der Waals surface area contributed by atoms with Gasteiger partial charge >= 0.3 is 7.12 Å². The van der Waals surface area contributed by atoms with E-state index >= 15 is 0 Å². The fraction of sp³-hybridized carbons (Fsp3) is 0.244. The average Bonchev–Trinajstić information content (AvgIpc) is 3.34. The molecule has 0 bridgehead atoms. The van der Waals surface area contributed by atoms with Crippen LogP contribution in [0.25, 0.3) is 38.3 Å². The summed E-state index contributed by atoms with van der Waals surface area (Å²) in [6.45, 7) is 10.9. The summed E-state index contributed by atoms with van der Waals surface area (Å²) in [4.78, 5) is 0. The van der Waals surface area contributed by atoms with Gasteiger partial charge in [0, 0.05) is 5.92 Å². The van der Waals surface area contributed by atoms with E-state index in [1.165, 1.54) is 60.5 Å². The zero-order valence-corrected chi connectivity index (χ0v) is 28.7. The highest BCUT2D eigenvalue weighted by Crippen LogP contribution is 2.46.